The minimum Gasteiger partial charge on any atom is -0.508 e. The number of nitrogens with zero attached hydrogens (tertiary/aromatic N) is 1. The lowest BCUT2D eigenvalue weighted by atomic mass is 9.96. The van der Waals surface area contributed by atoms with Crippen molar-refractivity contribution in [3.05, 3.63) is 29.8 Å². The number of hydrogen-bond acceptors (Lipinski definition) is 7. The molecule has 0 spiro atoms. The minimum absolute atomic E-state index is 0.0319. The van der Waals surface area contributed by atoms with Gasteiger partial charge in [0.1, 0.15) is 30.0 Å². The number of aromatic hydroxyl groups is 1. The number of methoxy groups -OCH3 is 1. The number of carbonyl (C=O) groups is 4. The van der Waals surface area contributed by atoms with Crippen molar-refractivity contribution < 1.29 is 33.8 Å². The average molecular weight is 508 g/mol. The molecule has 0 aromatic heterocycles. The summed E-state index contributed by atoms with van der Waals surface area (Å²) in [5.41, 5.74) is -0.577. The first kappa shape index (κ1) is 30.7. The molecule has 1 rings (SSSR count). The third-order valence-electron chi connectivity index (χ3n) is 5.41. The molecular formula is C26H41N3O7. The van der Waals surface area contributed by atoms with E-state index < -0.39 is 54.1 Å². The molecule has 1 aromatic rings. The van der Waals surface area contributed by atoms with Crippen molar-refractivity contribution in [3.63, 3.8) is 0 Å². The molecule has 0 radical (unpaired) electrons. The lowest BCUT2D eigenvalue weighted by Crippen LogP contribution is -2.56. The summed E-state index contributed by atoms with van der Waals surface area (Å²) in [5, 5.41) is 15.8. The molecule has 202 valence electrons. The van der Waals surface area contributed by atoms with Crippen molar-refractivity contribution in [1.82, 2.24) is 15.5 Å². The Bertz CT molecular complexity index is 911. The minimum atomic E-state index is -1.27. The molecular weight excluding hydrogens is 466 g/mol. The first-order chi connectivity index (χ1) is 16.7. The van der Waals surface area contributed by atoms with Crippen molar-refractivity contribution in [2.75, 3.05) is 13.7 Å². The van der Waals surface area contributed by atoms with Crippen LogP contribution in [0.2, 0.25) is 0 Å². The van der Waals surface area contributed by atoms with Gasteiger partial charge < -0.3 is 30.1 Å². The van der Waals surface area contributed by atoms with Crippen LogP contribution in [0.25, 0.3) is 0 Å². The van der Waals surface area contributed by atoms with Crippen LogP contribution < -0.4 is 10.6 Å². The fourth-order valence-corrected chi connectivity index (χ4v) is 3.58. The van der Waals surface area contributed by atoms with Crippen molar-refractivity contribution in [3.8, 4) is 5.75 Å². The van der Waals surface area contributed by atoms with Gasteiger partial charge in [0.15, 0.2) is 0 Å². The number of rotatable bonds is 11. The first-order valence-corrected chi connectivity index (χ1v) is 12.2. The Kier molecular flexibility index (Phi) is 11.7. The van der Waals surface area contributed by atoms with Crippen LogP contribution in [0.4, 0.5) is 4.79 Å². The van der Waals surface area contributed by atoms with Gasteiger partial charge in [0.2, 0.25) is 11.8 Å². The number of alkyl carbamates (subject to hydrolysis) is 1. The van der Waals surface area contributed by atoms with E-state index in [1.165, 1.54) is 18.1 Å². The normalized spacial score (nSPS) is 13.8. The summed E-state index contributed by atoms with van der Waals surface area (Å²) >= 11 is 0. The molecule has 0 saturated carbocycles. The monoisotopic (exact) mass is 507 g/mol. The molecule has 3 N–H and O–H groups in total. The standard InChI is InChI=1S/C26H41N3O7/c1-9-17(4)29(24(33)19(14-16(2)3)28-25(34)36-26(5,6)7)22(18-12-10-11-13-20(18)30)23(32)27-15-21(31)35-8/h10-13,16-17,19,22,30H,9,14-15H2,1-8H3,(H,27,32)(H,28,34). The zero-order chi connectivity index (χ0) is 27.6. The molecule has 3 amide bonds. The molecule has 10 heteroatoms. The molecule has 3 unspecified atom stereocenters. The predicted octanol–water partition coefficient (Wildman–Crippen LogP) is 3.29. The highest BCUT2D eigenvalue weighted by molar-refractivity contribution is 5.93. The molecule has 0 aliphatic carbocycles. The number of benzene rings is 1. The summed E-state index contributed by atoms with van der Waals surface area (Å²) in [7, 11) is 1.20. The number of phenols is 1. The van der Waals surface area contributed by atoms with Crippen LogP contribution in [-0.2, 0) is 23.9 Å². The quantitative estimate of drug-likeness (QED) is 0.391. The van der Waals surface area contributed by atoms with Gasteiger partial charge in [-0.3, -0.25) is 14.4 Å². The number of ether oxygens (including phenoxy) is 2. The van der Waals surface area contributed by atoms with E-state index in [-0.39, 0.29) is 17.2 Å². The number of amides is 3. The molecule has 1 aromatic carbocycles. The van der Waals surface area contributed by atoms with E-state index in [0.717, 1.165) is 0 Å². The van der Waals surface area contributed by atoms with Gasteiger partial charge >= 0.3 is 12.1 Å². The van der Waals surface area contributed by atoms with Crippen LogP contribution in [0.3, 0.4) is 0 Å². The highest BCUT2D eigenvalue weighted by atomic mass is 16.6. The average Bonchev–Trinajstić information content (AvgIpc) is 2.78. The summed E-state index contributed by atoms with van der Waals surface area (Å²) in [4.78, 5) is 53.0. The predicted molar refractivity (Wildman–Crippen MR) is 135 cm³/mol. The smallest absolute Gasteiger partial charge is 0.408 e. The van der Waals surface area contributed by atoms with Crippen LogP contribution in [0, 0.1) is 5.92 Å². The van der Waals surface area contributed by atoms with Gasteiger partial charge in [-0.2, -0.15) is 0 Å². The fourth-order valence-electron chi connectivity index (χ4n) is 3.58. The summed E-state index contributed by atoms with van der Waals surface area (Å²) in [6.07, 6.45) is 0.0309. The second kappa shape index (κ2) is 13.7. The lowest BCUT2D eigenvalue weighted by Gasteiger charge is -2.38. The van der Waals surface area contributed by atoms with Crippen LogP contribution in [0.5, 0.6) is 5.75 Å². The zero-order valence-corrected chi connectivity index (χ0v) is 22.6. The molecule has 0 heterocycles. The molecule has 3 atom stereocenters. The summed E-state index contributed by atoms with van der Waals surface area (Å²) < 4.78 is 9.97. The largest absolute Gasteiger partial charge is 0.508 e. The van der Waals surface area contributed by atoms with Crippen LogP contribution in [-0.4, -0.2) is 65.2 Å². The molecule has 0 saturated heterocycles. The highest BCUT2D eigenvalue weighted by Gasteiger charge is 2.39. The van der Waals surface area contributed by atoms with Crippen LogP contribution in [0.15, 0.2) is 24.3 Å². The Balaban J connectivity index is 3.53. The van der Waals surface area contributed by atoms with E-state index in [0.29, 0.717) is 12.8 Å². The highest BCUT2D eigenvalue weighted by Crippen LogP contribution is 2.32. The van der Waals surface area contributed by atoms with E-state index in [4.69, 9.17) is 4.74 Å². The maximum atomic E-state index is 14.0. The van der Waals surface area contributed by atoms with E-state index in [2.05, 4.69) is 15.4 Å². The molecule has 0 aliphatic heterocycles. The van der Waals surface area contributed by atoms with Gasteiger partial charge in [-0.05, 0) is 52.5 Å². The molecule has 0 bridgehead atoms. The number of carbonyl (C=O) groups excluding carboxylic acids is 4. The van der Waals surface area contributed by atoms with E-state index in [1.54, 1.807) is 45.9 Å². The van der Waals surface area contributed by atoms with Crippen molar-refractivity contribution in [2.24, 2.45) is 5.92 Å². The Hall–Kier alpha value is -3.30. The Morgan fingerprint density at radius 2 is 1.69 bits per heavy atom. The molecule has 0 aliphatic rings. The lowest BCUT2D eigenvalue weighted by molar-refractivity contribution is -0.146. The third-order valence-corrected chi connectivity index (χ3v) is 5.41. The molecule has 36 heavy (non-hydrogen) atoms. The van der Waals surface area contributed by atoms with Crippen molar-refractivity contribution >= 4 is 23.9 Å². The van der Waals surface area contributed by atoms with Crippen molar-refractivity contribution in [1.29, 1.82) is 0 Å². The second-order valence-electron chi connectivity index (χ2n) is 10.1. The van der Waals surface area contributed by atoms with E-state index in [9.17, 15) is 24.3 Å². The van der Waals surface area contributed by atoms with Crippen LogP contribution in [0.1, 0.15) is 72.9 Å². The maximum absolute atomic E-state index is 14.0. The SMILES string of the molecule is CCC(C)N(C(=O)C(CC(C)C)NC(=O)OC(C)(C)C)C(C(=O)NCC(=O)OC)c1ccccc1O. The van der Waals surface area contributed by atoms with Gasteiger partial charge in [-0.1, -0.05) is 39.0 Å². The summed E-state index contributed by atoms with van der Waals surface area (Å²) in [5.74, 6) is -1.99. The second-order valence-corrected chi connectivity index (χ2v) is 10.1. The van der Waals surface area contributed by atoms with Gasteiger partial charge in [0.25, 0.3) is 0 Å². The number of esters is 1. The van der Waals surface area contributed by atoms with Gasteiger partial charge in [-0.25, -0.2) is 4.79 Å². The van der Waals surface area contributed by atoms with Gasteiger partial charge in [-0.15, -0.1) is 0 Å². The third kappa shape index (κ3) is 9.39. The van der Waals surface area contributed by atoms with Gasteiger partial charge in [0.05, 0.1) is 7.11 Å². The zero-order valence-electron chi connectivity index (χ0n) is 22.6. The Morgan fingerprint density at radius 1 is 1.08 bits per heavy atom. The fraction of sp³-hybridized carbons (Fsp3) is 0.615. The van der Waals surface area contributed by atoms with Crippen LogP contribution >= 0.6 is 0 Å². The number of phenolic OH excluding ortho intramolecular Hbond substituents is 1. The van der Waals surface area contributed by atoms with E-state index >= 15 is 0 Å². The topological polar surface area (TPSA) is 134 Å². The number of para-hydroxylation sites is 1. The van der Waals surface area contributed by atoms with Crippen molar-refractivity contribution in [2.45, 2.75) is 85.0 Å². The molecule has 0 fully saturated rings. The summed E-state index contributed by atoms with van der Waals surface area (Å²) in [6, 6.07) is 3.48. The maximum Gasteiger partial charge on any atom is 0.408 e. The Labute approximate surface area is 213 Å². The van der Waals surface area contributed by atoms with Gasteiger partial charge in [0, 0.05) is 11.6 Å². The Morgan fingerprint density at radius 3 is 2.19 bits per heavy atom. The summed E-state index contributed by atoms with van der Waals surface area (Å²) in [6.45, 7) is 12.2. The van der Waals surface area contributed by atoms with E-state index in [1.807, 2.05) is 20.8 Å². The first-order valence-electron chi connectivity index (χ1n) is 12.2. The number of hydrogen-bond donors (Lipinski definition) is 3. The number of nitrogens with one attached hydrogen (secondary N) is 2. The molecule has 10 nitrogen and oxygen atoms in total.